The number of hydrogen-bond donors (Lipinski definition) is 2. The summed E-state index contributed by atoms with van der Waals surface area (Å²) in [5.41, 5.74) is -0.333. The summed E-state index contributed by atoms with van der Waals surface area (Å²) in [6, 6.07) is 2.92. The summed E-state index contributed by atoms with van der Waals surface area (Å²) in [7, 11) is 1.45. The van der Waals surface area contributed by atoms with E-state index in [0.717, 1.165) is 0 Å². The zero-order valence-electron chi connectivity index (χ0n) is 7.44. The molecular weight excluding hydrogens is 184 g/mol. The second-order valence-corrected chi connectivity index (χ2v) is 2.81. The number of hydrogen-bond acceptors (Lipinski definition) is 4. The molecule has 0 unspecified atom stereocenters. The fourth-order valence-electron chi connectivity index (χ4n) is 1.27. The molecule has 0 atom stereocenters. The summed E-state index contributed by atoms with van der Waals surface area (Å²) in [4.78, 5) is 11.3. The zero-order chi connectivity index (χ0) is 10.1. The largest absolute Gasteiger partial charge is 0.504 e. The predicted molar refractivity (Wildman–Crippen MR) is 50.6 cm³/mol. The van der Waals surface area contributed by atoms with Gasteiger partial charge in [0.25, 0.3) is 5.56 Å². The van der Waals surface area contributed by atoms with Crippen LogP contribution in [0.4, 0.5) is 0 Å². The van der Waals surface area contributed by atoms with Crippen LogP contribution in [0.3, 0.4) is 0 Å². The van der Waals surface area contributed by atoms with Crippen molar-refractivity contribution in [3.05, 3.63) is 28.7 Å². The van der Waals surface area contributed by atoms with Crippen LogP contribution in [0.5, 0.6) is 11.5 Å². The number of rotatable bonds is 1. The molecule has 5 heteroatoms. The van der Waals surface area contributed by atoms with Crippen molar-refractivity contribution in [2.45, 2.75) is 0 Å². The number of nitrogens with one attached hydrogen (secondary N) is 1. The van der Waals surface area contributed by atoms with E-state index in [1.807, 2.05) is 0 Å². The molecular formula is C9H8N2O3. The number of nitrogens with zero attached hydrogens (tertiary/aromatic N) is 1. The van der Waals surface area contributed by atoms with Crippen molar-refractivity contribution in [1.29, 1.82) is 0 Å². The third-order valence-electron chi connectivity index (χ3n) is 1.97. The Morgan fingerprint density at radius 1 is 1.50 bits per heavy atom. The van der Waals surface area contributed by atoms with Crippen LogP contribution in [-0.4, -0.2) is 22.4 Å². The molecule has 0 radical (unpaired) electrons. The molecule has 0 fully saturated rings. The van der Waals surface area contributed by atoms with Crippen molar-refractivity contribution in [1.82, 2.24) is 10.2 Å². The van der Waals surface area contributed by atoms with Gasteiger partial charge in [0.2, 0.25) is 0 Å². The maximum atomic E-state index is 11.3. The second kappa shape index (κ2) is 3.02. The van der Waals surface area contributed by atoms with Crippen molar-refractivity contribution >= 4 is 10.8 Å². The lowest BCUT2D eigenvalue weighted by molar-refractivity contribution is 0.374. The van der Waals surface area contributed by atoms with Crippen molar-refractivity contribution in [2.24, 2.45) is 0 Å². The molecule has 0 aliphatic heterocycles. The third kappa shape index (κ3) is 1.19. The lowest BCUT2D eigenvalue weighted by atomic mass is 10.2. The molecule has 2 rings (SSSR count). The van der Waals surface area contributed by atoms with Crippen LogP contribution in [0.15, 0.2) is 23.1 Å². The molecule has 0 aliphatic carbocycles. The Kier molecular flexibility index (Phi) is 1.85. The highest BCUT2D eigenvalue weighted by Crippen LogP contribution is 2.28. The fourth-order valence-corrected chi connectivity index (χ4v) is 1.27. The van der Waals surface area contributed by atoms with E-state index in [-0.39, 0.29) is 11.3 Å². The maximum Gasteiger partial charge on any atom is 0.272 e. The highest BCUT2D eigenvalue weighted by molar-refractivity contribution is 5.84. The van der Waals surface area contributed by atoms with Crippen LogP contribution in [0, 0.1) is 0 Å². The molecule has 1 aromatic heterocycles. The number of phenolic OH excluding ortho intramolecular Hbond substituents is 1. The van der Waals surface area contributed by atoms with Gasteiger partial charge in [-0.3, -0.25) is 4.79 Å². The topological polar surface area (TPSA) is 75.2 Å². The van der Waals surface area contributed by atoms with Gasteiger partial charge in [0.15, 0.2) is 11.5 Å². The first-order valence-electron chi connectivity index (χ1n) is 3.97. The van der Waals surface area contributed by atoms with E-state index < -0.39 is 0 Å². The van der Waals surface area contributed by atoms with Gasteiger partial charge in [-0.2, -0.15) is 5.10 Å². The minimum atomic E-state index is -0.333. The second-order valence-electron chi connectivity index (χ2n) is 2.81. The molecule has 0 amide bonds. The van der Waals surface area contributed by atoms with E-state index in [1.165, 1.54) is 19.4 Å². The molecule has 2 aromatic rings. The Morgan fingerprint density at radius 3 is 3.00 bits per heavy atom. The Morgan fingerprint density at radius 2 is 2.29 bits per heavy atom. The minimum absolute atomic E-state index is 0.0586. The normalized spacial score (nSPS) is 10.4. The zero-order valence-corrected chi connectivity index (χ0v) is 7.44. The summed E-state index contributed by atoms with van der Waals surface area (Å²) in [6.07, 6.45) is 1.50. The molecule has 2 N–H and O–H groups in total. The van der Waals surface area contributed by atoms with Gasteiger partial charge >= 0.3 is 0 Å². The summed E-state index contributed by atoms with van der Waals surface area (Å²) >= 11 is 0. The van der Waals surface area contributed by atoms with Gasteiger partial charge in [-0.15, -0.1) is 0 Å². The first-order valence-corrected chi connectivity index (χ1v) is 3.97. The van der Waals surface area contributed by atoms with Crippen molar-refractivity contribution in [2.75, 3.05) is 7.11 Å². The lowest BCUT2D eigenvalue weighted by Crippen LogP contribution is -2.07. The van der Waals surface area contributed by atoms with Crippen molar-refractivity contribution in [3.8, 4) is 11.5 Å². The first kappa shape index (κ1) is 8.55. The average Bonchev–Trinajstić information content (AvgIpc) is 2.19. The number of aromatic amines is 1. The molecule has 14 heavy (non-hydrogen) atoms. The van der Waals surface area contributed by atoms with Crippen LogP contribution in [0.25, 0.3) is 10.8 Å². The van der Waals surface area contributed by atoms with Crippen LogP contribution in [0.1, 0.15) is 0 Å². The van der Waals surface area contributed by atoms with E-state index in [4.69, 9.17) is 4.74 Å². The number of fused-ring (bicyclic) bond motifs is 1. The standard InChI is InChI=1S/C9H8N2O3/c1-14-8-2-5-4-10-11-9(13)6(5)3-7(8)12/h2-4,12H,1H3,(H,11,13). The van der Waals surface area contributed by atoms with E-state index in [1.54, 1.807) is 6.07 Å². The van der Waals surface area contributed by atoms with Gasteiger partial charge in [0, 0.05) is 5.39 Å². The van der Waals surface area contributed by atoms with Crippen molar-refractivity contribution < 1.29 is 9.84 Å². The molecule has 0 saturated carbocycles. The number of aromatic hydroxyl groups is 1. The van der Waals surface area contributed by atoms with Gasteiger partial charge in [0.05, 0.1) is 18.7 Å². The van der Waals surface area contributed by atoms with Gasteiger partial charge < -0.3 is 9.84 Å². The smallest absolute Gasteiger partial charge is 0.272 e. The summed E-state index contributed by atoms with van der Waals surface area (Å²) in [5.74, 6) is 0.265. The monoisotopic (exact) mass is 192 g/mol. The molecule has 0 aliphatic rings. The third-order valence-corrected chi connectivity index (χ3v) is 1.97. The fraction of sp³-hybridized carbons (Fsp3) is 0.111. The number of methoxy groups -OCH3 is 1. The Bertz CT molecular complexity index is 533. The number of H-pyrrole nitrogens is 1. The number of ether oxygens (including phenoxy) is 1. The SMILES string of the molecule is COc1cc2cn[nH]c(=O)c2cc1O. The van der Waals surface area contributed by atoms with Crippen LogP contribution in [-0.2, 0) is 0 Å². The minimum Gasteiger partial charge on any atom is -0.504 e. The first-order chi connectivity index (χ1) is 6.72. The number of phenols is 1. The van der Waals surface area contributed by atoms with Crippen LogP contribution in [0.2, 0.25) is 0 Å². The number of aromatic nitrogens is 2. The van der Waals surface area contributed by atoms with Gasteiger partial charge in [-0.1, -0.05) is 0 Å². The summed E-state index contributed by atoms with van der Waals surface area (Å²) < 4.78 is 4.90. The summed E-state index contributed by atoms with van der Waals surface area (Å²) in [5, 5.41) is 16.4. The lowest BCUT2D eigenvalue weighted by Gasteiger charge is -2.03. The molecule has 5 nitrogen and oxygen atoms in total. The molecule has 72 valence electrons. The molecule has 1 aromatic carbocycles. The molecule has 0 bridgehead atoms. The maximum absolute atomic E-state index is 11.3. The Labute approximate surface area is 79.0 Å². The van der Waals surface area contributed by atoms with Gasteiger partial charge in [0.1, 0.15) is 0 Å². The molecule has 1 heterocycles. The Balaban J connectivity index is 2.86. The van der Waals surface area contributed by atoms with E-state index in [0.29, 0.717) is 16.5 Å². The van der Waals surface area contributed by atoms with Crippen LogP contribution < -0.4 is 10.3 Å². The average molecular weight is 192 g/mol. The quantitative estimate of drug-likeness (QED) is 0.695. The van der Waals surface area contributed by atoms with Crippen molar-refractivity contribution in [3.63, 3.8) is 0 Å². The van der Waals surface area contributed by atoms with E-state index in [2.05, 4.69) is 10.2 Å². The highest BCUT2D eigenvalue weighted by Gasteiger charge is 2.05. The van der Waals surface area contributed by atoms with Crippen LogP contribution >= 0.6 is 0 Å². The molecule has 0 spiro atoms. The van der Waals surface area contributed by atoms with Gasteiger partial charge in [-0.25, -0.2) is 5.10 Å². The van der Waals surface area contributed by atoms with E-state index in [9.17, 15) is 9.90 Å². The highest BCUT2D eigenvalue weighted by atomic mass is 16.5. The van der Waals surface area contributed by atoms with E-state index >= 15 is 0 Å². The van der Waals surface area contributed by atoms with Gasteiger partial charge in [-0.05, 0) is 12.1 Å². The molecule has 0 saturated heterocycles. The summed E-state index contributed by atoms with van der Waals surface area (Å²) in [6.45, 7) is 0. The Hall–Kier alpha value is -2.04. The predicted octanol–water partition coefficient (Wildman–Crippen LogP) is 0.637. The number of benzene rings is 1.